The van der Waals surface area contributed by atoms with E-state index >= 15 is 0 Å². The number of nitrogen functional groups attached to an aromatic ring is 1. The van der Waals surface area contributed by atoms with Crippen molar-refractivity contribution in [1.82, 2.24) is 9.97 Å². The van der Waals surface area contributed by atoms with Crippen LogP contribution in [-0.4, -0.2) is 23.1 Å². The summed E-state index contributed by atoms with van der Waals surface area (Å²) in [6.45, 7) is 6.64. The topological polar surface area (TPSA) is 73.1 Å². The minimum atomic E-state index is 0.398. The van der Waals surface area contributed by atoms with Gasteiger partial charge in [0.05, 0.1) is 6.61 Å². The number of ether oxygens (including phenoxy) is 1. The van der Waals surface area contributed by atoms with E-state index in [-0.39, 0.29) is 0 Å². The van der Waals surface area contributed by atoms with E-state index in [9.17, 15) is 0 Å². The Morgan fingerprint density at radius 1 is 1.67 bits per heavy atom. The zero-order valence-corrected chi connectivity index (χ0v) is 10.0. The van der Waals surface area contributed by atoms with Gasteiger partial charge in [0.15, 0.2) is 5.82 Å². The van der Waals surface area contributed by atoms with E-state index in [1.54, 1.807) is 0 Å². The summed E-state index contributed by atoms with van der Waals surface area (Å²) in [6.07, 6.45) is 1.40. The first-order valence-electron chi connectivity index (χ1n) is 4.45. The maximum atomic E-state index is 5.80. The van der Waals surface area contributed by atoms with Gasteiger partial charge in [-0.15, -0.1) is 0 Å². The van der Waals surface area contributed by atoms with E-state index < -0.39 is 0 Å². The summed E-state index contributed by atoms with van der Waals surface area (Å²) in [6, 6.07) is 0. The third kappa shape index (κ3) is 3.39. The zero-order valence-electron chi connectivity index (χ0n) is 8.46. The predicted molar refractivity (Wildman–Crippen MR) is 64.2 cm³/mol. The molecule has 5 nitrogen and oxygen atoms in total. The molecule has 0 aliphatic heterocycles. The van der Waals surface area contributed by atoms with Gasteiger partial charge >= 0.3 is 0 Å². The molecule has 0 aromatic carbocycles. The maximum Gasteiger partial charge on any atom is 0.242 e. The van der Waals surface area contributed by atoms with E-state index in [2.05, 4.69) is 37.8 Å². The fourth-order valence-corrected chi connectivity index (χ4v) is 1.09. The van der Waals surface area contributed by atoms with Crippen LogP contribution in [0.15, 0.2) is 17.4 Å². The molecule has 0 aliphatic carbocycles. The van der Waals surface area contributed by atoms with Crippen LogP contribution in [0.25, 0.3) is 0 Å². The summed E-state index contributed by atoms with van der Waals surface area (Å²) in [4.78, 5) is 7.93. The van der Waals surface area contributed by atoms with Crippen LogP contribution in [-0.2, 0) is 0 Å². The standard InChI is InChI=1S/C9H13BrN4O/c1-3-15-9-7(11)8(13-5-14-9)12-4-6(2)10/h5H,2-4,11H2,1H3,(H,12,13,14). The van der Waals surface area contributed by atoms with Crippen molar-refractivity contribution >= 4 is 27.4 Å². The molecule has 0 radical (unpaired) electrons. The van der Waals surface area contributed by atoms with Crippen LogP contribution in [0.4, 0.5) is 11.5 Å². The molecule has 1 aromatic heterocycles. The molecule has 6 heteroatoms. The fraction of sp³-hybridized carbons (Fsp3) is 0.333. The summed E-state index contributed by atoms with van der Waals surface area (Å²) >= 11 is 3.23. The van der Waals surface area contributed by atoms with Gasteiger partial charge in [-0.3, -0.25) is 0 Å². The lowest BCUT2D eigenvalue weighted by Crippen LogP contribution is -2.08. The van der Waals surface area contributed by atoms with E-state index in [0.29, 0.717) is 30.5 Å². The molecule has 0 aliphatic rings. The smallest absolute Gasteiger partial charge is 0.242 e. The number of hydrogen-bond donors (Lipinski definition) is 2. The minimum absolute atomic E-state index is 0.398. The van der Waals surface area contributed by atoms with Crippen molar-refractivity contribution in [3.05, 3.63) is 17.4 Å². The van der Waals surface area contributed by atoms with Gasteiger partial charge in [0.2, 0.25) is 5.88 Å². The lowest BCUT2D eigenvalue weighted by Gasteiger charge is -2.10. The largest absolute Gasteiger partial charge is 0.476 e. The van der Waals surface area contributed by atoms with Gasteiger partial charge in [-0.05, 0) is 6.92 Å². The minimum Gasteiger partial charge on any atom is -0.476 e. The number of nitrogens with two attached hydrogens (primary N) is 1. The number of anilines is 2. The van der Waals surface area contributed by atoms with Crippen molar-refractivity contribution in [3.63, 3.8) is 0 Å². The van der Waals surface area contributed by atoms with Crippen molar-refractivity contribution < 1.29 is 4.74 Å². The van der Waals surface area contributed by atoms with Crippen LogP contribution < -0.4 is 15.8 Å². The van der Waals surface area contributed by atoms with Crippen LogP contribution in [0.5, 0.6) is 5.88 Å². The molecular formula is C9H13BrN4O. The number of halogens is 1. The van der Waals surface area contributed by atoms with Gasteiger partial charge in [0, 0.05) is 11.0 Å². The van der Waals surface area contributed by atoms with Crippen molar-refractivity contribution in [3.8, 4) is 5.88 Å². The van der Waals surface area contributed by atoms with Gasteiger partial charge < -0.3 is 15.8 Å². The summed E-state index contributed by atoms with van der Waals surface area (Å²) in [7, 11) is 0. The average Bonchev–Trinajstić information content (AvgIpc) is 2.19. The third-order valence-corrected chi connectivity index (χ3v) is 1.86. The number of nitrogens with zero attached hydrogens (tertiary/aromatic N) is 2. The third-order valence-electron chi connectivity index (χ3n) is 1.58. The Balaban J connectivity index is 2.79. The van der Waals surface area contributed by atoms with Crippen molar-refractivity contribution in [1.29, 1.82) is 0 Å². The molecule has 0 atom stereocenters. The molecule has 0 spiro atoms. The molecular weight excluding hydrogens is 260 g/mol. The summed E-state index contributed by atoms with van der Waals surface area (Å²) < 4.78 is 6.05. The number of nitrogens with one attached hydrogen (secondary N) is 1. The Kier molecular flexibility index (Phi) is 4.36. The monoisotopic (exact) mass is 272 g/mol. The number of aromatic nitrogens is 2. The van der Waals surface area contributed by atoms with Gasteiger partial charge in [-0.25, -0.2) is 4.98 Å². The molecule has 0 saturated heterocycles. The molecule has 0 unspecified atom stereocenters. The highest BCUT2D eigenvalue weighted by Gasteiger charge is 2.07. The molecule has 0 fully saturated rings. The summed E-state index contributed by atoms with van der Waals surface area (Å²) in [5, 5.41) is 3.01. The van der Waals surface area contributed by atoms with Gasteiger partial charge in [-0.1, -0.05) is 22.5 Å². The quantitative estimate of drug-likeness (QED) is 0.855. The molecule has 1 heterocycles. The highest BCUT2D eigenvalue weighted by atomic mass is 79.9. The van der Waals surface area contributed by atoms with E-state index in [1.165, 1.54) is 6.33 Å². The van der Waals surface area contributed by atoms with E-state index in [1.807, 2.05) is 6.92 Å². The van der Waals surface area contributed by atoms with Crippen molar-refractivity contribution in [2.45, 2.75) is 6.92 Å². The normalized spacial score (nSPS) is 9.73. The second kappa shape index (κ2) is 5.55. The number of hydrogen-bond acceptors (Lipinski definition) is 5. The molecule has 0 bridgehead atoms. The van der Waals surface area contributed by atoms with E-state index in [0.717, 1.165) is 4.48 Å². The Labute approximate surface area is 96.9 Å². The Morgan fingerprint density at radius 2 is 2.40 bits per heavy atom. The summed E-state index contributed by atoms with van der Waals surface area (Å²) in [5.74, 6) is 0.948. The lowest BCUT2D eigenvalue weighted by atomic mass is 10.4. The van der Waals surface area contributed by atoms with Crippen LogP contribution in [0.2, 0.25) is 0 Å². The van der Waals surface area contributed by atoms with Crippen LogP contribution in [0.3, 0.4) is 0 Å². The molecule has 3 N–H and O–H groups in total. The highest BCUT2D eigenvalue weighted by molar-refractivity contribution is 9.11. The van der Waals surface area contributed by atoms with Crippen molar-refractivity contribution in [2.24, 2.45) is 0 Å². The first kappa shape index (κ1) is 11.8. The second-order valence-corrected chi connectivity index (χ2v) is 3.87. The first-order valence-corrected chi connectivity index (χ1v) is 5.24. The molecule has 1 aromatic rings. The van der Waals surface area contributed by atoms with Crippen LogP contribution >= 0.6 is 15.9 Å². The van der Waals surface area contributed by atoms with Gasteiger partial charge in [0.1, 0.15) is 12.0 Å². The van der Waals surface area contributed by atoms with Gasteiger partial charge in [0.25, 0.3) is 0 Å². The summed E-state index contributed by atoms with van der Waals surface area (Å²) in [5.41, 5.74) is 6.21. The highest BCUT2D eigenvalue weighted by Crippen LogP contribution is 2.24. The van der Waals surface area contributed by atoms with Crippen molar-refractivity contribution in [2.75, 3.05) is 24.2 Å². The Morgan fingerprint density at radius 3 is 3.00 bits per heavy atom. The molecule has 0 amide bonds. The first-order chi connectivity index (χ1) is 7.15. The van der Waals surface area contributed by atoms with Gasteiger partial charge in [-0.2, -0.15) is 4.98 Å². The Bertz CT molecular complexity index is 356. The zero-order chi connectivity index (χ0) is 11.3. The lowest BCUT2D eigenvalue weighted by molar-refractivity contribution is 0.328. The molecule has 0 saturated carbocycles. The van der Waals surface area contributed by atoms with Crippen LogP contribution in [0.1, 0.15) is 6.92 Å². The SMILES string of the molecule is C=C(Br)CNc1ncnc(OCC)c1N. The van der Waals surface area contributed by atoms with E-state index in [4.69, 9.17) is 10.5 Å². The molecule has 82 valence electrons. The number of rotatable bonds is 5. The predicted octanol–water partition coefficient (Wildman–Crippen LogP) is 1.78. The fourth-order valence-electron chi connectivity index (χ4n) is 0.952. The Hall–Kier alpha value is -1.30. The average molecular weight is 273 g/mol. The maximum absolute atomic E-state index is 5.80. The van der Waals surface area contributed by atoms with Crippen LogP contribution in [0, 0.1) is 0 Å². The molecule has 15 heavy (non-hydrogen) atoms. The molecule has 1 rings (SSSR count). The second-order valence-electron chi connectivity index (χ2n) is 2.74.